The van der Waals surface area contributed by atoms with E-state index < -0.39 is 0 Å². The summed E-state index contributed by atoms with van der Waals surface area (Å²) >= 11 is 0. The van der Waals surface area contributed by atoms with Crippen LogP contribution in [0.15, 0.2) is 0 Å². The Morgan fingerprint density at radius 2 is 2.38 bits per heavy atom. The molecule has 3 nitrogen and oxygen atoms in total. The van der Waals surface area contributed by atoms with Crippen molar-refractivity contribution in [3.8, 4) is 0 Å². The second-order valence-electron chi connectivity index (χ2n) is 3.53. The second-order valence-corrected chi connectivity index (χ2v) is 3.86. The molecule has 0 aromatic heterocycles. The highest BCUT2D eigenvalue weighted by molar-refractivity contribution is 7.18. The highest BCUT2D eigenvalue weighted by atomic mass is 31.0. The molecule has 1 saturated heterocycles. The number of likely N-dealkylation sites (N-methyl/N-ethyl adjacent to an activating group) is 1. The van der Waals surface area contributed by atoms with Gasteiger partial charge in [-0.15, -0.1) is 8.86 Å². The lowest BCUT2D eigenvalue weighted by Gasteiger charge is -2.34. The molecule has 0 saturated carbocycles. The van der Waals surface area contributed by atoms with Crippen molar-refractivity contribution in [2.45, 2.75) is 19.4 Å². The Labute approximate surface area is 81.3 Å². The van der Waals surface area contributed by atoms with Gasteiger partial charge in [-0.3, -0.25) is 4.79 Å². The van der Waals surface area contributed by atoms with Crippen LogP contribution in [0.25, 0.3) is 0 Å². The van der Waals surface area contributed by atoms with Gasteiger partial charge < -0.3 is 9.64 Å². The molecular weight excluding hydrogens is 185 g/mol. The maximum Gasteiger partial charge on any atom is 0.302 e. The van der Waals surface area contributed by atoms with E-state index in [4.69, 9.17) is 4.74 Å². The molecule has 0 spiro atoms. The Kier molecular flexibility index (Phi) is 3.89. The Balaban J connectivity index is 2.54. The van der Waals surface area contributed by atoms with Gasteiger partial charge in [-0.2, -0.15) is 0 Å². The summed E-state index contributed by atoms with van der Waals surface area (Å²) in [5.41, 5.74) is 0. The van der Waals surface area contributed by atoms with Crippen LogP contribution in [-0.4, -0.2) is 42.9 Å². The minimum absolute atomic E-state index is 0.00810. The predicted octanol–water partition coefficient (Wildman–Crippen LogP) is 0.815. The molecule has 1 aliphatic heterocycles. The molecule has 4 heteroatoms. The fourth-order valence-corrected chi connectivity index (χ4v) is 2.00. The molecule has 0 bridgehead atoms. The van der Waals surface area contributed by atoms with Crippen LogP contribution in [0.3, 0.4) is 0 Å². The molecule has 74 valence electrons. The Morgan fingerprint density at radius 1 is 1.69 bits per heavy atom. The van der Waals surface area contributed by atoms with Crippen LogP contribution < -0.4 is 0 Å². The molecule has 1 rings (SSSR count). The van der Waals surface area contributed by atoms with Crippen molar-refractivity contribution in [1.29, 1.82) is 0 Å². The minimum atomic E-state index is -0.196. The fourth-order valence-electron chi connectivity index (χ4n) is 1.62. The smallest absolute Gasteiger partial charge is 0.302 e. The van der Waals surface area contributed by atoms with E-state index in [2.05, 4.69) is 13.8 Å². The molecule has 0 amide bonds. The monoisotopic (exact) mass is 201 g/mol. The first-order valence-corrected chi connectivity index (χ1v) is 5.07. The number of carbonyl (C=O) groups is 1. The first kappa shape index (κ1) is 10.7. The van der Waals surface area contributed by atoms with Crippen LogP contribution in [0.1, 0.15) is 13.3 Å². The van der Waals surface area contributed by atoms with Crippen molar-refractivity contribution in [3.63, 3.8) is 0 Å². The number of hydrogen-bond acceptors (Lipinski definition) is 3. The van der Waals surface area contributed by atoms with Crippen molar-refractivity contribution in [2.75, 3.05) is 20.1 Å². The van der Waals surface area contributed by atoms with Gasteiger partial charge in [0.25, 0.3) is 0 Å². The van der Waals surface area contributed by atoms with Gasteiger partial charge in [0.2, 0.25) is 0 Å². The number of piperidine rings is 1. The molecule has 1 aliphatic rings. The number of esters is 1. The Bertz CT molecular complexity index is 208. The van der Waals surface area contributed by atoms with Gasteiger partial charge in [-0.25, -0.2) is 0 Å². The number of likely N-dealkylation sites (tertiary alicyclic amines) is 1. The topological polar surface area (TPSA) is 29.5 Å². The normalized spacial score (nSPS) is 29.7. The quantitative estimate of drug-likeness (QED) is 0.489. The zero-order chi connectivity index (χ0) is 9.84. The molecule has 1 fully saturated rings. The predicted molar refractivity (Wildman–Crippen MR) is 55.5 cm³/mol. The summed E-state index contributed by atoms with van der Waals surface area (Å²) in [5, 5.41) is 0. The van der Waals surface area contributed by atoms with Gasteiger partial charge >= 0.3 is 5.97 Å². The molecule has 0 aromatic rings. The number of carbonyl (C=O) groups excluding carboxylic acids is 1. The minimum Gasteiger partial charge on any atom is -0.461 e. The number of ether oxygens (including phenoxy) is 1. The van der Waals surface area contributed by atoms with Crippen LogP contribution in [0.2, 0.25) is 0 Å². The van der Waals surface area contributed by atoms with Gasteiger partial charge in [-0.1, -0.05) is 5.80 Å². The van der Waals surface area contributed by atoms with Gasteiger partial charge in [-0.05, 0) is 20.0 Å². The first-order valence-electron chi connectivity index (χ1n) is 4.50. The third-order valence-corrected chi connectivity index (χ3v) is 2.77. The van der Waals surface area contributed by atoms with E-state index in [0.717, 1.165) is 19.5 Å². The zero-order valence-electron chi connectivity index (χ0n) is 8.12. The maximum atomic E-state index is 10.8. The molecule has 0 radical (unpaired) electrons. The maximum absolute atomic E-state index is 10.8. The van der Waals surface area contributed by atoms with Gasteiger partial charge in [0.1, 0.15) is 6.10 Å². The fraction of sp³-hybridized carbons (Fsp3) is 0.778. The highest BCUT2D eigenvalue weighted by Crippen LogP contribution is 2.18. The van der Waals surface area contributed by atoms with Crippen LogP contribution in [0.4, 0.5) is 0 Å². The van der Waals surface area contributed by atoms with E-state index in [0.29, 0.717) is 5.92 Å². The van der Waals surface area contributed by atoms with Gasteiger partial charge in [0.05, 0.1) is 0 Å². The van der Waals surface area contributed by atoms with E-state index in [-0.39, 0.29) is 12.1 Å². The molecule has 0 aliphatic carbocycles. The molecule has 2 unspecified atom stereocenters. The van der Waals surface area contributed by atoms with Crippen molar-refractivity contribution < 1.29 is 9.53 Å². The molecular formula is C9H16NO2P. The average Bonchev–Trinajstić information content (AvgIpc) is 2.03. The van der Waals surface area contributed by atoms with Gasteiger partial charge in [0.15, 0.2) is 0 Å². The van der Waals surface area contributed by atoms with Crippen LogP contribution >= 0.6 is 8.86 Å². The van der Waals surface area contributed by atoms with Gasteiger partial charge in [0, 0.05) is 19.4 Å². The molecule has 0 N–H and O–H groups in total. The van der Waals surface area contributed by atoms with E-state index in [1.165, 1.54) is 6.92 Å². The number of hydrogen-bond donors (Lipinski definition) is 0. The lowest BCUT2D eigenvalue weighted by Crippen LogP contribution is -2.44. The molecule has 0 aromatic carbocycles. The standard InChI is InChI=1S/C9H16NO2P/c1-7(11)12-9-5-10(2)4-3-8(9)6-13/h6,8-9,13H,3-5H2,1-2H3. The Morgan fingerprint density at radius 3 is 2.92 bits per heavy atom. The summed E-state index contributed by atoms with van der Waals surface area (Å²) in [6.07, 6.45) is 1.05. The van der Waals surface area contributed by atoms with Crippen molar-refractivity contribution >= 4 is 20.6 Å². The lowest BCUT2D eigenvalue weighted by molar-refractivity contribution is -0.150. The summed E-state index contributed by atoms with van der Waals surface area (Å²) < 4.78 is 5.22. The zero-order valence-corrected chi connectivity index (χ0v) is 9.12. The number of nitrogens with zero attached hydrogens (tertiary/aromatic N) is 1. The molecule has 1 heterocycles. The van der Waals surface area contributed by atoms with E-state index in [9.17, 15) is 4.79 Å². The lowest BCUT2D eigenvalue weighted by atomic mass is 9.96. The van der Waals surface area contributed by atoms with Crippen LogP contribution in [0, 0.1) is 5.92 Å². The average molecular weight is 201 g/mol. The van der Waals surface area contributed by atoms with E-state index in [1.807, 2.05) is 12.8 Å². The summed E-state index contributed by atoms with van der Waals surface area (Å²) in [4.78, 5) is 13.0. The second kappa shape index (κ2) is 4.73. The summed E-state index contributed by atoms with van der Waals surface area (Å²) in [6, 6.07) is 0. The highest BCUT2D eigenvalue weighted by Gasteiger charge is 2.27. The van der Waals surface area contributed by atoms with Crippen LogP contribution in [-0.2, 0) is 9.53 Å². The van der Waals surface area contributed by atoms with Crippen molar-refractivity contribution in [1.82, 2.24) is 4.90 Å². The number of rotatable bonds is 2. The van der Waals surface area contributed by atoms with Crippen molar-refractivity contribution in [2.24, 2.45) is 5.92 Å². The largest absolute Gasteiger partial charge is 0.461 e. The first-order chi connectivity index (χ1) is 6.13. The van der Waals surface area contributed by atoms with Crippen LogP contribution in [0.5, 0.6) is 0 Å². The van der Waals surface area contributed by atoms with E-state index in [1.54, 1.807) is 0 Å². The van der Waals surface area contributed by atoms with Crippen molar-refractivity contribution in [3.05, 3.63) is 0 Å². The Hall–Kier alpha value is -0.400. The SMILES string of the molecule is CC(=O)OC1CN(C)CCC1C=P. The molecule has 2 atom stereocenters. The third kappa shape index (κ3) is 3.09. The summed E-state index contributed by atoms with van der Waals surface area (Å²) in [7, 11) is 5.42. The molecule has 13 heavy (non-hydrogen) atoms. The van der Waals surface area contributed by atoms with E-state index >= 15 is 0 Å². The third-order valence-electron chi connectivity index (χ3n) is 2.34. The summed E-state index contributed by atoms with van der Waals surface area (Å²) in [6.45, 7) is 3.34. The summed E-state index contributed by atoms with van der Waals surface area (Å²) in [5.74, 6) is 2.09.